The Labute approximate surface area is 110 Å². The van der Waals surface area contributed by atoms with Gasteiger partial charge in [0.05, 0.1) is 0 Å². The van der Waals surface area contributed by atoms with Gasteiger partial charge in [-0.3, -0.25) is 0 Å². The van der Waals surface area contributed by atoms with Crippen molar-refractivity contribution in [1.29, 1.82) is 0 Å². The number of hydrogen-bond acceptors (Lipinski definition) is 4. The Morgan fingerprint density at radius 3 is 2.89 bits per heavy atom. The van der Waals surface area contributed by atoms with E-state index in [0.29, 0.717) is 6.04 Å². The Morgan fingerprint density at radius 2 is 2.17 bits per heavy atom. The molecule has 0 spiro atoms. The summed E-state index contributed by atoms with van der Waals surface area (Å²) < 4.78 is 0. The van der Waals surface area contributed by atoms with Gasteiger partial charge >= 0.3 is 0 Å². The Bertz CT molecular complexity index is 391. The summed E-state index contributed by atoms with van der Waals surface area (Å²) in [4.78, 5) is 11.5. The fourth-order valence-corrected chi connectivity index (χ4v) is 2.66. The monoisotopic (exact) mass is 248 g/mol. The SMILES string of the molecule is CCNc1nc(C)cc(N2CCCCC2CC)n1. The van der Waals surface area contributed by atoms with Crippen molar-refractivity contribution in [3.05, 3.63) is 11.8 Å². The van der Waals surface area contributed by atoms with Crippen molar-refractivity contribution in [1.82, 2.24) is 9.97 Å². The molecule has 2 rings (SSSR count). The van der Waals surface area contributed by atoms with Crippen LogP contribution in [-0.4, -0.2) is 29.1 Å². The highest BCUT2D eigenvalue weighted by Crippen LogP contribution is 2.26. The van der Waals surface area contributed by atoms with E-state index in [1.54, 1.807) is 0 Å². The van der Waals surface area contributed by atoms with Crippen LogP contribution >= 0.6 is 0 Å². The van der Waals surface area contributed by atoms with Crippen LogP contribution in [0.25, 0.3) is 0 Å². The molecule has 0 amide bonds. The molecule has 4 nitrogen and oxygen atoms in total. The van der Waals surface area contributed by atoms with Crippen LogP contribution in [0.2, 0.25) is 0 Å². The zero-order chi connectivity index (χ0) is 13.0. The van der Waals surface area contributed by atoms with Crippen molar-refractivity contribution in [2.24, 2.45) is 0 Å². The van der Waals surface area contributed by atoms with Crippen molar-refractivity contribution in [2.75, 3.05) is 23.3 Å². The molecule has 1 unspecified atom stereocenters. The second kappa shape index (κ2) is 6.03. The van der Waals surface area contributed by atoms with Crippen LogP contribution in [0, 0.1) is 6.92 Å². The average molecular weight is 248 g/mol. The number of aryl methyl sites for hydroxylation is 1. The summed E-state index contributed by atoms with van der Waals surface area (Å²) in [6, 6.07) is 2.75. The lowest BCUT2D eigenvalue weighted by Crippen LogP contribution is -2.39. The number of rotatable bonds is 4. The summed E-state index contributed by atoms with van der Waals surface area (Å²) in [5.74, 6) is 1.85. The van der Waals surface area contributed by atoms with E-state index in [-0.39, 0.29) is 0 Å². The van der Waals surface area contributed by atoms with Crippen molar-refractivity contribution in [2.45, 2.75) is 52.5 Å². The highest BCUT2D eigenvalue weighted by Gasteiger charge is 2.22. The van der Waals surface area contributed by atoms with Gasteiger partial charge in [-0.2, -0.15) is 4.98 Å². The molecule has 2 heterocycles. The molecule has 1 N–H and O–H groups in total. The Morgan fingerprint density at radius 1 is 1.33 bits per heavy atom. The topological polar surface area (TPSA) is 41.1 Å². The molecule has 1 atom stereocenters. The number of piperidine rings is 1. The quantitative estimate of drug-likeness (QED) is 0.889. The predicted octanol–water partition coefficient (Wildman–Crippen LogP) is 2.99. The first-order valence-electron chi connectivity index (χ1n) is 7.10. The molecule has 100 valence electrons. The standard InChI is InChI=1S/C14H24N4/c1-4-12-8-6-7-9-18(12)13-10-11(3)16-14(17-13)15-5-2/h10,12H,4-9H2,1-3H3,(H,15,16,17). The van der Waals surface area contributed by atoms with E-state index in [1.807, 2.05) is 6.92 Å². The summed E-state index contributed by atoms with van der Waals surface area (Å²) in [7, 11) is 0. The van der Waals surface area contributed by atoms with Gasteiger partial charge in [0.2, 0.25) is 5.95 Å². The zero-order valence-corrected chi connectivity index (χ0v) is 11.7. The molecule has 0 aromatic carbocycles. The molecule has 1 aromatic heterocycles. The van der Waals surface area contributed by atoms with Crippen LogP contribution in [0.5, 0.6) is 0 Å². The first-order chi connectivity index (χ1) is 8.74. The molecule has 0 radical (unpaired) electrons. The highest BCUT2D eigenvalue weighted by atomic mass is 15.2. The molecular weight excluding hydrogens is 224 g/mol. The summed E-state index contributed by atoms with van der Waals surface area (Å²) in [6.45, 7) is 8.36. The van der Waals surface area contributed by atoms with Crippen LogP contribution in [0.4, 0.5) is 11.8 Å². The van der Waals surface area contributed by atoms with E-state index in [1.165, 1.54) is 25.7 Å². The van der Waals surface area contributed by atoms with Gasteiger partial charge in [0.25, 0.3) is 0 Å². The van der Waals surface area contributed by atoms with Gasteiger partial charge in [0.15, 0.2) is 0 Å². The largest absolute Gasteiger partial charge is 0.354 e. The molecule has 18 heavy (non-hydrogen) atoms. The van der Waals surface area contributed by atoms with Gasteiger partial charge in [-0.15, -0.1) is 0 Å². The Hall–Kier alpha value is -1.32. The molecule has 1 fully saturated rings. The first kappa shape index (κ1) is 13.1. The van der Waals surface area contributed by atoms with Crippen molar-refractivity contribution in [3.8, 4) is 0 Å². The lowest BCUT2D eigenvalue weighted by molar-refractivity contribution is 0.446. The van der Waals surface area contributed by atoms with Gasteiger partial charge < -0.3 is 10.2 Å². The lowest BCUT2D eigenvalue weighted by Gasteiger charge is -2.36. The summed E-state index contributed by atoms with van der Waals surface area (Å²) in [6.07, 6.45) is 5.10. The van der Waals surface area contributed by atoms with Crippen LogP contribution in [0.15, 0.2) is 6.07 Å². The summed E-state index contributed by atoms with van der Waals surface area (Å²) in [5.41, 5.74) is 1.04. The molecule has 1 aliphatic rings. The minimum atomic E-state index is 0.641. The van der Waals surface area contributed by atoms with E-state index < -0.39 is 0 Å². The van der Waals surface area contributed by atoms with Gasteiger partial charge in [-0.1, -0.05) is 6.92 Å². The summed E-state index contributed by atoms with van der Waals surface area (Å²) >= 11 is 0. The molecular formula is C14H24N4. The molecule has 1 aromatic rings. The van der Waals surface area contributed by atoms with Gasteiger partial charge in [0, 0.05) is 30.9 Å². The second-order valence-electron chi connectivity index (χ2n) is 4.97. The van der Waals surface area contributed by atoms with Crippen LogP contribution in [-0.2, 0) is 0 Å². The van der Waals surface area contributed by atoms with Crippen molar-refractivity contribution in [3.63, 3.8) is 0 Å². The molecule has 4 heteroatoms. The maximum atomic E-state index is 4.65. The van der Waals surface area contributed by atoms with E-state index in [9.17, 15) is 0 Å². The predicted molar refractivity (Wildman–Crippen MR) is 76.2 cm³/mol. The minimum absolute atomic E-state index is 0.641. The van der Waals surface area contributed by atoms with Gasteiger partial charge in [0.1, 0.15) is 5.82 Å². The maximum Gasteiger partial charge on any atom is 0.224 e. The molecule has 0 bridgehead atoms. The fraction of sp³-hybridized carbons (Fsp3) is 0.714. The van der Waals surface area contributed by atoms with Gasteiger partial charge in [-0.05, 0) is 39.5 Å². The Kier molecular flexibility index (Phi) is 4.39. The first-order valence-corrected chi connectivity index (χ1v) is 7.10. The van der Waals surface area contributed by atoms with E-state index >= 15 is 0 Å². The van der Waals surface area contributed by atoms with E-state index in [0.717, 1.165) is 30.5 Å². The average Bonchev–Trinajstić information content (AvgIpc) is 2.38. The third-order valence-electron chi connectivity index (χ3n) is 3.57. The van der Waals surface area contributed by atoms with Crippen LogP contribution in [0.1, 0.15) is 45.2 Å². The van der Waals surface area contributed by atoms with Gasteiger partial charge in [-0.25, -0.2) is 4.98 Å². The lowest BCUT2D eigenvalue weighted by atomic mass is 10.00. The molecule has 0 saturated carbocycles. The van der Waals surface area contributed by atoms with E-state index in [4.69, 9.17) is 0 Å². The number of hydrogen-bond donors (Lipinski definition) is 1. The second-order valence-corrected chi connectivity index (χ2v) is 4.97. The third kappa shape index (κ3) is 2.92. The molecule has 1 aliphatic heterocycles. The molecule has 1 saturated heterocycles. The summed E-state index contributed by atoms with van der Waals surface area (Å²) in [5, 5.41) is 3.21. The number of anilines is 2. The molecule has 0 aliphatic carbocycles. The number of nitrogens with one attached hydrogen (secondary N) is 1. The smallest absolute Gasteiger partial charge is 0.224 e. The number of nitrogens with zero attached hydrogens (tertiary/aromatic N) is 3. The number of aromatic nitrogens is 2. The minimum Gasteiger partial charge on any atom is -0.354 e. The third-order valence-corrected chi connectivity index (χ3v) is 3.57. The zero-order valence-electron chi connectivity index (χ0n) is 11.7. The maximum absolute atomic E-state index is 4.65. The fourth-order valence-electron chi connectivity index (χ4n) is 2.66. The highest BCUT2D eigenvalue weighted by molar-refractivity contribution is 5.46. The normalized spacial score (nSPS) is 19.9. The van der Waals surface area contributed by atoms with Crippen LogP contribution < -0.4 is 10.2 Å². The van der Waals surface area contributed by atoms with Crippen LogP contribution in [0.3, 0.4) is 0 Å². The Balaban J connectivity index is 2.24. The van der Waals surface area contributed by atoms with Crippen molar-refractivity contribution < 1.29 is 0 Å². The van der Waals surface area contributed by atoms with Crippen molar-refractivity contribution >= 4 is 11.8 Å². The van der Waals surface area contributed by atoms with E-state index in [2.05, 4.69) is 40.1 Å².